The first-order valence-electron chi connectivity index (χ1n) is 6.45. The van der Waals surface area contributed by atoms with Crippen molar-refractivity contribution in [1.82, 2.24) is 25.1 Å². The van der Waals surface area contributed by atoms with Crippen LogP contribution in [0, 0.1) is 0 Å². The van der Waals surface area contributed by atoms with Crippen LogP contribution in [-0.2, 0) is 4.74 Å². The van der Waals surface area contributed by atoms with Gasteiger partial charge in [-0.25, -0.2) is 9.48 Å². The lowest BCUT2D eigenvalue weighted by molar-refractivity contribution is 0.0863. The smallest absolute Gasteiger partial charge is 0.409 e. The molecule has 0 bridgehead atoms. The second-order valence-electron chi connectivity index (χ2n) is 4.48. The van der Waals surface area contributed by atoms with E-state index < -0.39 is 0 Å². The monoisotopic (exact) mass is 253 g/mol. The Morgan fingerprint density at radius 1 is 1.44 bits per heavy atom. The third kappa shape index (κ3) is 3.18. The van der Waals surface area contributed by atoms with E-state index >= 15 is 0 Å². The average Bonchev–Trinajstić information content (AvgIpc) is 2.93. The van der Waals surface area contributed by atoms with Crippen molar-refractivity contribution in [2.24, 2.45) is 0 Å². The molecule has 0 saturated carbocycles. The van der Waals surface area contributed by atoms with Gasteiger partial charge in [0.05, 0.1) is 12.6 Å². The Balaban J connectivity index is 1.74. The molecule has 1 aliphatic rings. The minimum absolute atomic E-state index is 0.196. The molecule has 0 N–H and O–H groups in total. The van der Waals surface area contributed by atoms with Gasteiger partial charge in [-0.15, -0.1) is 5.10 Å². The van der Waals surface area contributed by atoms with Crippen molar-refractivity contribution < 1.29 is 9.53 Å². The molecule has 0 unspecified atom stereocenters. The largest absolute Gasteiger partial charge is 0.449 e. The van der Waals surface area contributed by atoms with Crippen LogP contribution in [0.3, 0.4) is 0 Å². The third-order valence-electron chi connectivity index (χ3n) is 3.19. The van der Waals surface area contributed by atoms with Crippen molar-refractivity contribution in [1.29, 1.82) is 0 Å². The number of aromatic nitrogens is 4. The van der Waals surface area contributed by atoms with Gasteiger partial charge in [0.15, 0.2) is 0 Å². The summed E-state index contributed by atoms with van der Waals surface area (Å²) in [6, 6.07) is 0.291. The molecule has 1 saturated heterocycles. The van der Waals surface area contributed by atoms with Crippen molar-refractivity contribution in [3.63, 3.8) is 0 Å². The van der Waals surface area contributed by atoms with Crippen LogP contribution in [0.1, 0.15) is 38.6 Å². The molecule has 2 heterocycles. The Kier molecular flexibility index (Phi) is 4.49. The van der Waals surface area contributed by atoms with Gasteiger partial charge in [-0.2, -0.15) is 0 Å². The lowest BCUT2D eigenvalue weighted by atomic mass is 10.1. The molecule has 0 aromatic carbocycles. The Bertz CT molecular complexity index is 360. The summed E-state index contributed by atoms with van der Waals surface area (Å²) in [7, 11) is 0. The SMILES string of the molecule is CCCCOC(=O)N1CCC(n2cnnn2)CC1. The van der Waals surface area contributed by atoms with Gasteiger partial charge in [-0.1, -0.05) is 13.3 Å². The highest BCUT2D eigenvalue weighted by Crippen LogP contribution is 2.21. The van der Waals surface area contributed by atoms with Crippen molar-refractivity contribution in [2.75, 3.05) is 19.7 Å². The Morgan fingerprint density at radius 3 is 2.83 bits per heavy atom. The first-order chi connectivity index (χ1) is 8.81. The van der Waals surface area contributed by atoms with Gasteiger partial charge < -0.3 is 9.64 Å². The zero-order valence-corrected chi connectivity index (χ0v) is 10.7. The maximum Gasteiger partial charge on any atom is 0.409 e. The quantitative estimate of drug-likeness (QED) is 0.755. The van der Waals surface area contributed by atoms with Crippen molar-refractivity contribution in [3.8, 4) is 0 Å². The Hall–Kier alpha value is -1.66. The van der Waals surface area contributed by atoms with Gasteiger partial charge in [-0.05, 0) is 29.7 Å². The molecule has 0 aliphatic carbocycles. The van der Waals surface area contributed by atoms with Crippen LogP contribution in [0.2, 0.25) is 0 Å². The van der Waals surface area contributed by atoms with Crippen LogP contribution < -0.4 is 0 Å². The summed E-state index contributed by atoms with van der Waals surface area (Å²) >= 11 is 0. The first kappa shape index (κ1) is 12.8. The van der Waals surface area contributed by atoms with E-state index in [-0.39, 0.29) is 6.09 Å². The van der Waals surface area contributed by atoms with E-state index in [4.69, 9.17) is 4.74 Å². The molecule has 1 aromatic rings. The summed E-state index contributed by atoms with van der Waals surface area (Å²) in [5.74, 6) is 0. The van der Waals surface area contributed by atoms with Crippen LogP contribution in [0.4, 0.5) is 4.79 Å². The number of amides is 1. The number of piperidine rings is 1. The predicted octanol–water partition coefficient (Wildman–Crippen LogP) is 1.25. The van der Waals surface area contributed by atoms with E-state index in [1.807, 2.05) is 0 Å². The summed E-state index contributed by atoms with van der Waals surface area (Å²) in [5, 5.41) is 11.1. The van der Waals surface area contributed by atoms with Crippen LogP contribution in [0.25, 0.3) is 0 Å². The molecule has 0 atom stereocenters. The summed E-state index contributed by atoms with van der Waals surface area (Å²) in [6.45, 7) is 4.00. The van der Waals surface area contributed by atoms with Gasteiger partial charge in [0.1, 0.15) is 6.33 Å². The minimum atomic E-state index is -0.196. The van der Waals surface area contributed by atoms with Crippen LogP contribution in [-0.4, -0.2) is 50.9 Å². The molecule has 1 aliphatic heterocycles. The lowest BCUT2D eigenvalue weighted by Crippen LogP contribution is -2.39. The molecule has 1 fully saturated rings. The highest BCUT2D eigenvalue weighted by molar-refractivity contribution is 5.67. The van der Waals surface area contributed by atoms with E-state index in [1.54, 1.807) is 15.9 Å². The molecular weight excluding hydrogens is 234 g/mol. The summed E-state index contributed by atoms with van der Waals surface area (Å²) in [6.07, 6.45) is 5.13. The zero-order chi connectivity index (χ0) is 12.8. The second kappa shape index (κ2) is 6.32. The second-order valence-corrected chi connectivity index (χ2v) is 4.48. The minimum Gasteiger partial charge on any atom is -0.449 e. The number of likely N-dealkylation sites (tertiary alicyclic amines) is 1. The molecule has 2 rings (SSSR count). The van der Waals surface area contributed by atoms with E-state index in [0.717, 1.165) is 25.7 Å². The number of tetrazole rings is 1. The molecule has 7 nitrogen and oxygen atoms in total. The fourth-order valence-electron chi connectivity index (χ4n) is 2.04. The molecule has 0 radical (unpaired) electrons. The van der Waals surface area contributed by atoms with Gasteiger partial charge in [-0.3, -0.25) is 0 Å². The van der Waals surface area contributed by atoms with Gasteiger partial charge in [0.25, 0.3) is 0 Å². The number of hydrogen-bond donors (Lipinski definition) is 0. The van der Waals surface area contributed by atoms with Crippen molar-refractivity contribution in [2.45, 2.75) is 38.6 Å². The van der Waals surface area contributed by atoms with Crippen LogP contribution in [0.15, 0.2) is 6.33 Å². The summed E-state index contributed by atoms with van der Waals surface area (Å²) < 4.78 is 6.95. The first-order valence-corrected chi connectivity index (χ1v) is 6.45. The lowest BCUT2D eigenvalue weighted by Gasteiger charge is -2.30. The third-order valence-corrected chi connectivity index (χ3v) is 3.19. The number of unbranched alkanes of at least 4 members (excludes halogenated alkanes) is 1. The molecule has 1 aromatic heterocycles. The van der Waals surface area contributed by atoms with E-state index in [9.17, 15) is 4.79 Å². The fourth-order valence-corrected chi connectivity index (χ4v) is 2.04. The van der Waals surface area contributed by atoms with Crippen LogP contribution >= 0.6 is 0 Å². The number of nitrogens with zero attached hydrogens (tertiary/aromatic N) is 5. The number of rotatable bonds is 4. The number of hydrogen-bond acceptors (Lipinski definition) is 5. The maximum atomic E-state index is 11.7. The molecular formula is C11H19N5O2. The molecule has 0 spiro atoms. The van der Waals surface area contributed by atoms with E-state index in [2.05, 4.69) is 22.4 Å². The highest BCUT2D eigenvalue weighted by atomic mass is 16.6. The molecule has 18 heavy (non-hydrogen) atoms. The Labute approximate surface area is 106 Å². The van der Waals surface area contributed by atoms with Gasteiger partial charge in [0, 0.05) is 13.1 Å². The van der Waals surface area contributed by atoms with Crippen molar-refractivity contribution in [3.05, 3.63) is 6.33 Å². The number of ether oxygens (including phenoxy) is 1. The number of carbonyl (C=O) groups excluding carboxylic acids is 1. The van der Waals surface area contributed by atoms with Crippen LogP contribution in [0.5, 0.6) is 0 Å². The molecule has 7 heteroatoms. The van der Waals surface area contributed by atoms with E-state index in [0.29, 0.717) is 25.7 Å². The highest BCUT2D eigenvalue weighted by Gasteiger charge is 2.25. The predicted molar refractivity (Wildman–Crippen MR) is 63.9 cm³/mol. The number of carbonyl (C=O) groups is 1. The maximum absolute atomic E-state index is 11.7. The average molecular weight is 253 g/mol. The Morgan fingerprint density at radius 2 is 2.22 bits per heavy atom. The van der Waals surface area contributed by atoms with E-state index in [1.165, 1.54) is 0 Å². The topological polar surface area (TPSA) is 73.1 Å². The standard InChI is InChI=1S/C11H19N5O2/c1-2-3-8-18-11(17)15-6-4-10(5-7-15)16-9-12-13-14-16/h9-10H,2-8H2,1H3. The summed E-state index contributed by atoms with van der Waals surface area (Å²) in [5.41, 5.74) is 0. The van der Waals surface area contributed by atoms with Gasteiger partial charge in [0.2, 0.25) is 0 Å². The summed E-state index contributed by atoms with van der Waals surface area (Å²) in [4.78, 5) is 13.5. The fraction of sp³-hybridized carbons (Fsp3) is 0.818. The normalized spacial score (nSPS) is 16.8. The zero-order valence-electron chi connectivity index (χ0n) is 10.7. The molecule has 100 valence electrons. The van der Waals surface area contributed by atoms with Crippen molar-refractivity contribution >= 4 is 6.09 Å². The molecule has 1 amide bonds. The van der Waals surface area contributed by atoms with Gasteiger partial charge >= 0.3 is 6.09 Å².